The van der Waals surface area contributed by atoms with E-state index in [1.165, 1.54) is 6.26 Å². The Balaban J connectivity index is 1.78. The van der Waals surface area contributed by atoms with Crippen LogP contribution in [0.3, 0.4) is 0 Å². The number of carbonyl (C=O) groups excluding carboxylic acids is 1. The molecule has 27 heavy (non-hydrogen) atoms. The first-order valence-corrected chi connectivity index (χ1v) is 8.87. The number of carbonyl (C=O) groups is 1. The zero-order valence-electron chi connectivity index (χ0n) is 15.3. The summed E-state index contributed by atoms with van der Waals surface area (Å²) in [6.45, 7) is 2.01. The summed E-state index contributed by atoms with van der Waals surface area (Å²) >= 11 is 0. The fourth-order valence-corrected chi connectivity index (χ4v) is 3.48. The third-order valence-corrected chi connectivity index (χ3v) is 4.88. The highest BCUT2D eigenvalue weighted by molar-refractivity contribution is 5.85. The van der Waals surface area contributed by atoms with Crippen molar-refractivity contribution in [3.05, 3.63) is 69.8 Å². The highest BCUT2D eigenvalue weighted by atomic mass is 16.5. The predicted octanol–water partition coefficient (Wildman–Crippen LogP) is 2.99. The number of benzene rings is 1. The summed E-state index contributed by atoms with van der Waals surface area (Å²) in [5.41, 5.74) is 4.62. The first kappa shape index (κ1) is 17.3. The summed E-state index contributed by atoms with van der Waals surface area (Å²) in [6, 6.07) is 5.91. The maximum absolute atomic E-state index is 12.0. The molecule has 2 heterocycles. The van der Waals surface area contributed by atoms with E-state index < -0.39 is 0 Å². The molecule has 4 rings (SSSR count). The molecule has 0 saturated heterocycles. The van der Waals surface area contributed by atoms with Gasteiger partial charge in [-0.05, 0) is 42.2 Å². The van der Waals surface area contributed by atoms with Crippen molar-refractivity contribution in [2.45, 2.75) is 32.8 Å². The Morgan fingerprint density at radius 1 is 1.19 bits per heavy atom. The topological polar surface area (TPSA) is 74.3 Å². The third kappa shape index (κ3) is 3.43. The zero-order chi connectivity index (χ0) is 19.0. The zero-order valence-corrected chi connectivity index (χ0v) is 15.3. The number of pyridine rings is 1. The van der Waals surface area contributed by atoms with Gasteiger partial charge in [0.05, 0.1) is 6.20 Å². The number of hydrogen-bond donors (Lipinski definition) is 0. The maximum atomic E-state index is 12.0. The molecule has 0 radical (unpaired) electrons. The molecule has 0 bridgehead atoms. The molecule has 0 fully saturated rings. The molecule has 6 nitrogen and oxygen atoms in total. The molecule has 0 atom stereocenters. The average molecular weight is 364 g/mol. The van der Waals surface area contributed by atoms with Gasteiger partial charge in [-0.2, -0.15) is 0 Å². The van der Waals surface area contributed by atoms with E-state index in [1.54, 1.807) is 17.8 Å². The highest BCUT2D eigenvalue weighted by Gasteiger charge is 2.21. The van der Waals surface area contributed by atoms with Crippen molar-refractivity contribution < 1.29 is 13.9 Å². The van der Waals surface area contributed by atoms with Gasteiger partial charge in [0.1, 0.15) is 17.8 Å². The summed E-state index contributed by atoms with van der Waals surface area (Å²) in [6.07, 6.45) is 6.51. The maximum Gasteiger partial charge on any atom is 0.253 e. The van der Waals surface area contributed by atoms with Crippen LogP contribution in [-0.2, 0) is 31.3 Å². The molecule has 0 N–H and O–H groups in total. The van der Waals surface area contributed by atoms with E-state index in [4.69, 9.17) is 9.15 Å². The number of ether oxygens (including phenoxy) is 1. The Bertz CT molecular complexity index is 1040. The van der Waals surface area contributed by atoms with Crippen molar-refractivity contribution >= 4 is 5.78 Å². The number of oxazole rings is 1. The molecule has 1 aliphatic rings. The monoisotopic (exact) mass is 364 g/mol. The molecule has 0 amide bonds. The molecule has 3 aromatic rings. The molecule has 0 unspecified atom stereocenters. The summed E-state index contributed by atoms with van der Waals surface area (Å²) in [5.74, 6) is 1.36. The van der Waals surface area contributed by atoms with E-state index in [2.05, 4.69) is 11.1 Å². The summed E-state index contributed by atoms with van der Waals surface area (Å²) in [5, 5.41) is 0. The molecular weight excluding hydrogens is 344 g/mol. The van der Waals surface area contributed by atoms with Crippen LogP contribution in [0.5, 0.6) is 5.75 Å². The number of Topliss-reactive ketones (excluding diaryl/α,β-unsaturated/α-hetero) is 1. The molecule has 0 saturated carbocycles. The van der Waals surface area contributed by atoms with Gasteiger partial charge in [-0.15, -0.1) is 0 Å². The number of aromatic nitrogens is 2. The second-order valence-corrected chi connectivity index (χ2v) is 6.87. The van der Waals surface area contributed by atoms with Gasteiger partial charge in [-0.3, -0.25) is 9.59 Å². The van der Waals surface area contributed by atoms with Gasteiger partial charge in [-0.1, -0.05) is 6.07 Å². The van der Waals surface area contributed by atoms with E-state index in [-0.39, 0.29) is 17.9 Å². The first-order valence-electron chi connectivity index (χ1n) is 8.87. The number of ketones is 1. The number of hydrogen-bond acceptors (Lipinski definition) is 5. The van der Waals surface area contributed by atoms with Crippen molar-refractivity contribution in [2.75, 3.05) is 0 Å². The predicted molar refractivity (Wildman–Crippen MR) is 99.7 cm³/mol. The molecule has 1 aliphatic carbocycles. The average Bonchev–Trinajstić information content (AvgIpc) is 3.17. The van der Waals surface area contributed by atoms with Crippen molar-refractivity contribution in [3.8, 4) is 16.9 Å². The molecule has 138 valence electrons. The lowest BCUT2D eigenvalue weighted by atomic mass is 9.87. The molecule has 0 aliphatic heterocycles. The molecule has 6 heteroatoms. The van der Waals surface area contributed by atoms with Crippen LogP contribution < -0.4 is 10.3 Å². The lowest BCUT2D eigenvalue weighted by Crippen LogP contribution is -2.18. The van der Waals surface area contributed by atoms with Crippen molar-refractivity contribution in [1.29, 1.82) is 0 Å². The Labute approximate surface area is 156 Å². The summed E-state index contributed by atoms with van der Waals surface area (Å²) in [4.78, 5) is 28.0. The van der Waals surface area contributed by atoms with Crippen LogP contribution in [0.15, 0.2) is 46.1 Å². The number of rotatable bonds is 4. The lowest BCUT2D eigenvalue weighted by Gasteiger charge is -2.21. The van der Waals surface area contributed by atoms with Crippen molar-refractivity contribution in [2.24, 2.45) is 7.05 Å². The Hall–Kier alpha value is -3.15. The molecule has 1 aromatic carbocycles. The first-order chi connectivity index (χ1) is 13.0. The van der Waals surface area contributed by atoms with E-state index in [9.17, 15) is 9.59 Å². The minimum atomic E-state index is -0.0114. The lowest BCUT2D eigenvalue weighted by molar-refractivity contribution is -0.118. The third-order valence-electron chi connectivity index (χ3n) is 4.88. The number of aryl methyl sites for hydroxylation is 3. The van der Waals surface area contributed by atoms with Crippen LogP contribution in [0.2, 0.25) is 0 Å². The van der Waals surface area contributed by atoms with Crippen LogP contribution >= 0.6 is 0 Å². The van der Waals surface area contributed by atoms with E-state index in [0.29, 0.717) is 36.5 Å². The second kappa shape index (κ2) is 6.87. The van der Waals surface area contributed by atoms with Gasteiger partial charge < -0.3 is 13.7 Å². The van der Waals surface area contributed by atoms with Crippen LogP contribution in [0.4, 0.5) is 0 Å². The van der Waals surface area contributed by atoms with Crippen LogP contribution in [0.25, 0.3) is 11.1 Å². The smallest absolute Gasteiger partial charge is 0.253 e. The SMILES string of the molecule is Cc1cc(-c2cc3c(c(OCc4ncco4)c2)CC(=O)CC3)cn(C)c1=O. The fraction of sp³-hybridized carbons (Fsp3) is 0.286. The van der Waals surface area contributed by atoms with E-state index >= 15 is 0 Å². The van der Waals surface area contributed by atoms with Gasteiger partial charge in [0.2, 0.25) is 5.89 Å². The normalized spacial score (nSPS) is 13.5. The van der Waals surface area contributed by atoms with E-state index in [1.807, 2.05) is 25.3 Å². The quantitative estimate of drug-likeness (QED) is 0.711. The minimum Gasteiger partial charge on any atom is -0.484 e. The standard InChI is InChI=1S/C21H20N2O4/c1-13-7-16(11-23(2)21(13)25)15-8-14-3-4-17(24)10-18(14)19(9-15)27-12-20-22-5-6-26-20/h5-9,11H,3-4,10,12H2,1-2H3. The van der Waals surface area contributed by atoms with Gasteiger partial charge in [-0.25, -0.2) is 4.98 Å². The Kier molecular flexibility index (Phi) is 4.39. The number of nitrogens with zero attached hydrogens (tertiary/aromatic N) is 2. The highest BCUT2D eigenvalue weighted by Crippen LogP contribution is 2.34. The van der Waals surface area contributed by atoms with Gasteiger partial charge in [0.25, 0.3) is 5.56 Å². The molecular formula is C21H20N2O4. The van der Waals surface area contributed by atoms with Crippen molar-refractivity contribution in [1.82, 2.24) is 9.55 Å². The fourth-order valence-electron chi connectivity index (χ4n) is 3.48. The number of fused-ring (bicyclic) bond motifs is 1. The summed E-state index contributed by atoms with van der Waals surface area (Å²) in [7, 11) is 1.75. The van der Waals surface area contributed by atoms with Gasteiger partial charge in [0, 0.05) is 37.2 Å². The summed E-state index contributed by atoms with van der Waals surface area (Å²) < 4.78 is 12.8. The van der Waals surface area contributed by atoms with Crippen molar-refractivity contribution in [3.63, 3.8) is 0 Å². The largest absolute Gasteiger partial charge is 0.484 e. The van der Waals surface area contributed by atoms with Crippen LogP contribution in [-0.4, -0.2) is 15.3 Å². The van der Waals surface area contributed by atoms with Gasteiger partial charge in [0.15, 0.2) is 6.61 Å². The Morgan fingerprint density at radius 2 is 2.04 bits per heavy atom. The Morgan fingerprint density at radius 3 is 2.78 bits per heavy atom. The van der Waals surface area contributed by atoms with Crippen LogP contribution in [0.1, 0.15) is 29.0 Å². The second-order valence-electron chi connectivity index (χ2n) is 6.87. The van der Waals surface area contributed by atoms with E-state index in [0.717, 1.165) is 22.3 Å². The molecule has 0 spiro atoms. The van der Waals surface area contributed by atoms with Gasteiger partial charge >= 0.3 is 0 Å². The molecule has 2 aromatic heterocycles. The minimum absolute atomic E-state index is 0.0114. The van der Waals surface area contributed by atoms with Crippen LogP contribution in [0, 0.1) is 6.92 Å².